The summed E-state index contributed by atoms with van der Waals surface area (Å²) in [4.78, 5) is 12.0. The third kappa shape index (κ3) is 4.46. The standard InChI is InChI=1S/C15H27NO3/c1-11(2)18-9-10-19-15(17)14-8-7-12-5-3-4-6-13(12)16-14/h11-14,16H,3-10H2,1-2H3. The van der Waals surface area contributed by atoms with E-state index in [2.05, 4.69) is 5.32 Å². The number of hydrogen-bond acceptors (Lipinski definition) is 4. The van der Waals surface area contributed by atoms with Crippen molar-refractivity contribution in [3.63, 3.8) is 0 Å². The average molecular weight is 269 g/mol. The zero-order chi connectivity index (χ0) is 13.7. The molecule has 1 aliphatic carbocycles. The molecule has 110 valence electrons. The summed E-state index contributed by atoms with van der Waals surface area (Å²) in [5, 5.41) is 3.49. The maximum Gasteiger partial charge on any atom is 0.323 e. The van der Waals surface area contributed by atoms with Crippen LogP contribution in [0.1, 0.15) is 52.4 Å². The lowest BCUT2D eigenvalue weighted by atomic mass is 9.78. The van der Waals surface area contributed by atoms with Gasteiger partial charge in [-0.05, 0) is 45.4 Å². The molecule has 3 unspecified atom stereocenters. The van der Waals surface area contributed by atoms with Gasteiger partial charge in [-0.2, -0.15) is 0 Å². The number of piperidine rings is 1. The highest BCUT2D eigenvalue weighted by atomic mass is 16.6. The van der Waals surface area contributed by atoms with Crippen LogP contribution in [-0.2, 0) is 14.3 Å². The van der Waals surface area contributed by atoms with E-state index in [1.807, 2.05) is 13.8 Å². The predicted molar refractivity (Wildman–Crippen MR) is 74.0 cm³/mol. The number of hydrogen-bond donors (Lipinski definition) is 1. The van der Waals surface area contributed by atoms with Gasteiger partial charge in [0.05, 0.1) is 12.7 Å². The highest BCUT2D eigenvalue weighted by Crippen LogP contribution is 2.32. The van der Waals surface area contributed by atoms with E-state index in [-0.39, 0.29) is 18.1 Å². The number of rotatable bonds is 5. The van der Waals surface area contributed by atoms with Crippen molar-refractivity contribution in [2.24, 2.45) is 5.92 Å². The average Bonchev–Trinajstić information content (AvgIpc) is 2.42. The van der Waals surface area contributed by atoms with Crippen molar-refractivity contribution < 1.29 is 14.3 Å². The Labute approximate surface area is 116 Å². The Balaban J connectivity index is 1.68. The molecule has 2 rings (SSSR count). The van der Waals surface area contributed by atoms with Crippen LogP contribution in [0.15, 0.2) is 0 Å². The van der Waals surface area contributed by atoms with Crippen molar-refractivity contribution >= 4 is 5.97 Å². The van der Waals surface area contributed by atoms with Gasteiger partial charge in [-0.3, -0.25) is 4.79 Å². The van der Waals surface area contributed by atoms with Gasteiger partial charge in [0.15, 0.2) is 0 Å². The molecule has 3 atom stereocenters. The first kappa shape index (κ1) is 14.8. The Morgan fingerprint density at radius 1 is 1.16 bits per heavy atom. The fourth-order valence-electron chi connectivity index (χ4n) is 3.21. The van der Waals surface area contributed by atoms with Crippen LogP contribution in [0.5, 0.6) is 0 Å². The molecule has 1 aliphatic heterocycles. The molecule has 1 N–H and O–H groups in total. The van der Waals surface area contributed by atoms with Crippen LogP contribution in [0.25, 0.3) is 0 Å². The number of ether oxygens (including phenoxy) is 2. The minimum Gasteiger partial charge on any atom is -0.462 e. The van der Waals surface area contributed by atoms with Gasteiger partial charge in [-0.1, -0.05) is 12.8 Å². The van der Waals surface area contributed by atoms with E-state index in [0.29, 0.717) is 19.3 Å². The molecule has 2 fully saturated rings. The largest absolute Gasteiger partial charge is 0.462 e. The summed E-state index contributed by atoms with van der Waals surface area (Å²) >= 11 is 0. The summed E-state index contributed by atoms with van der Waals surface area (Å²) in [6.07, 6.45) is 7.45. The quantitative estimate of drug-likeness (QED) is 0.614. The maximum absolute atomic E-state index is 12.0. The van der Waals surface area contributed by atoms with E-state index in [9.17, 15) is 4.79 Å². The van der Waals surface area contributed by atoms with Gasteiger partial charge in [-0.25, -0.2) is 0 Å². The zero-order valence-electron chi connectivity index (χ0n) is 12.2. The summed E-state index contributed by atoms with van der Waals surface area (Å²) in [5.41, 5.74) is 0. The molecule has 0 aromatic rings. The first-order valence-corrected chi connectivity index (χ1v) is 7.71. The highest BCUT2D eigenvalue weighted by Gasteiger charge is 2.34. The molecule has 0 spiro atoms. The molecule has 2 aliphatic rings. The van der Waals surface area contributed by atoms with E-state index in [1.165, 1.54) is 32.1 Å². The second kappa shape index (κ2) is 7.25. The van der Waals surface area contributed by atoms with Crippen molar-refractivity contribution in [1.29, 1.82) is 0 Å². The van der Waals surface area contributed by atoms with Crippen molar-refractivity contribution in [3.05, 3.63) is 0 Å². The van der Waals surface area contributed by atoms with Gasteiger partial charge in [0.1, 0.15) is 12.6 Å². The van der Waals surface area contributed by atoms with E-state index in [4.69, 9.17) is 9.47 Å². The van der Waals surface area contributed by atoms with Crippen LogP contribution in [0.3, 0.4) is 0 Å². The van der Waals surface area contributed by atoms with Crippen LogP contribution in [0.4, 0.5) is 0 Å². The number of esters is 1. The van der Waals surface area contributed by atoms with E-state index >= 15 is 0 Å². The van der Waals surface area contributed by atoms with E-state index in [0.717, 1.165) is 12.3 Å². The molecule has 0 radical (unpaired) electrons. The molecule has 1 saturated heterocycles. The number of carbonyl (C=O) groups is 1. The van der Waals surface area contributed by atoms with E-state index in [1.54, 1.807) is 0 Å². The molecule has 0 aromatic heterocycles. The summed E-state index contributed by atoms with van der Waals surface area (Å²) in [6.45, 7) is 4.81. The predicted octanol–water partition coefficient (Wildman–Crippen LogP) is 2.27. The molecular formula is C15H27NO3. The Bertz CT molecular complexity index is 293. The van der Waals surface area contributed by atoms with Crippen LogP contribution >= 0.6 is 0 Å². The Morgan fingerprint density at radius 2 is 1.95 bits per heavy atom. The second-order valence-corrected chi connectivity index (χ2v) is 6.03. The number of nitrogens with one attached hydrogen (secondary N) is 1. The van der Waals surface area contributed by atoms with Gasteiger partial charge in [0.25, 0.3) is 0 Å². The SMILES string of the molecule is CC(C)OCCOC(=O)C1CCC2CCCCC2N1. The lowest BCUT2D eigenvalue weighted by Crippen LogP contribution is -2.52. The fraction of sp³-hybridized carbons (Fsp3) is 0.933. The lowest BCUT2D eigenvalue weighted by molar-refractivity contribution is -0.149. The number of carbonyl (C=O) groups excluding carboxylic acids is 1. The molecular weight excluding hydrogens is 242 g/mol. The van der Waals surface area contributed by atoms with Crippen molar-refractivity contribution in [2.45, 2.75) is 70.6 Å². The summed E-state index contributed by atoms with van der Waals surface area (Å²) < 4.78 is 10.7. The van der Waals surface area contributed by atoms with Crippen LogP contribution in [-0.4, -0.2) is 37.4 Å². The summed E-state index contributed by atoms with van der Waals surface area (Å²) in [6, 6.07) is 0.436. The van der Waals surface area contributed by atoms with E-state index < -0.39 is 0 Å². The zero-order valence-corrected chi connectivity index (χ0v) is 12.2. The fourth-order valence-corrected chi connectivity index (χ4v) is 3.21. The number of fused-ring (bicyclic) bond motifs is 1. The molecule has 1 heterocycles. The monoisotopic (exact) mass is 269 g/mol. The summed E-state index contributed by atoms with van der Waals surface area (Å²) in [7, 11) is 0. The third-order valence-corrected chi connectivity index (χ3v) is 4.21. The molecule has 0 aromatic carbocycles. The third-order valence-electron chi connectivity index (χ3n) is 4.21. The van der Waals surface area contributed by atoms with Gasteiger partial charge >= 0.3 is 5.97 Å². The van der Waals surface area contributed by atoms with Crippen molar-refractivity contribution in [2.75, 3.05) is 13.2 Å². The van der Waals surface area contributed by atoms with Gasteiger partial charge in [0.2, 0.25) is 0 Å². The molecule has 1 saturated carbocycles. The molecule has 0 bridgehead atoms. The van der Waals surface area contributed by atoms with Gasteiger partial charge in [-0.15, -0.1) is 0 Å². The molecule has 4 nitrogen and oxygen atoms in total. The van der Waals surface area contributed by atoms with Crippen LogP contribution in [0.2, 0.25) is 0 Å². The minimum absolute atomic E-state index is 0.0987. The highest BCUT2D eigenvalue weighted by molar-refractivity contribution is 5.76. The van der Waals surface area contributed by atoms with Crippen LogP contribution < -0.4 is 5.32 Å². The Kier molecular flexibility index (Phi) is 5.64. The smallest absolute Gasteiger partial charge is 0.323 e. The molecule has 19 heavy (non-hydrogen) atoms. The topological polar surface area (TPSA) is 47.6 Å². The second-order valence-electron chi connectivity index (χ2n) is 6.03. The van der Waals surface area contributed by atoms with Crippen molar-refractivity contribution in [3.8, 4) is 0 Å². The lowest BCUT2D eigenvalue weighted by Gasteiger charge is -2.39. The van der Waals surface area contributed by atoms with Crippen molar-refractivity contribution in [1.82, 2.24) is 5.32 Å². The normalized spacial score (nSPS) is 31.0. The minimum atomic E-state index is -0.101. The maximum atomic E-state index is 12.0. The Hall–Kier alpha value is -0.610. The molecule has 0 amide bonds. The molecule has 4 heteroatoms. The van der Waals surface area contributed by atoms with Crippen LogP contribution in [0, 0.1) is 5.92 Å². The van der Waals surface area contributed by atoms with Gasteiger partial charge in [0, 0.05) is 6.04 Å². The summed E-state index contributed by atoms with van der Waals surface area (Å²) in [5.74, 6) is 0.679. The first-order chi connectivity index (χ1) is 9.16. The van der Waals surface area contributed by atoms with Gasteiger partial charge < -0.3 is 14.8 Å². The Morgan fingerprint density at radius 3 is 2.74 bits per heavy atom. The first-order valence-electron chi connectivity index (χ1n) is 7.71.